The minimum absolute atomic E-state index is 0.0929. The maximum Gasteiger partial charge on any atom is 0.319 e. The minimum Gasteiger partial charge on any atom is -0.352 e. The molecule has 1 saturated heterocycles. The van der Waals surface area contributed by atoms with Crippen LogP contribution in [-0.2, 0) is 4.79 Å². The van der Waals surface area contributed by atoms with E-state index in [-0.39, 0.29) is 24.0 Å². The second-order valence-electron chi connectivity index (χ2n) is 6.73. The van der Waals surface area contributed by atoms with Crippen LogP contribution in [0.1, 0.15) is 32.6 Å². The molecule has 130 valence electrons. The van der Waals surface area contributed by atoms with E-state index in [0.717, 1.165) is 44.5 Å². The molecule has 1 aromatic rings. The van der Waals surface area contributed by atoms with E-state index in [4.69, 9.17) is 0 Å². The molecule has 1 aliphatic heterocycles. The maximum atomic E-state index is 12.1. The van der Waals surface area contributed by atoms with E-state index in [2.05, 4.69) is 20.9 Å². The average Bonchev–Trinajstić information content (AvgIpc) is 3.39. The summed E-state index contributed by atoms with van der Waals surface area (Å²) >= 11 is 0. The van der Waals surface area contributed by atoms with Gasteiger partial charge in [0, 0.05) is 30.9 Å². The van der Waals surface area contributed by atoms with Gasteiger partial charge in [0.15, 0.2) is 0 Å². The Morgan fingerprint density at radius 2 is 1.62 bits per heavy atom. The zero-order valence-corrected chi connectivity index (χ0v) is 14.1. The third-order valence-corrected chi connectivity index (χ3v) is 4.75. The number of nitrogens with zero attached hydrogens (tertiary/aromatic N) is 1. The number of piperidine rings is 1. The standard InChI is InChI=1S/C18H26N4O2/c1-13(17(23)19-15-7-8-15)22-11-9-16(10-12-22)21-18(24)20-14-5-3-2-4-6-14/h2-6,13,15-16H,7-12H2,1H3,(H,19,23)(H2,20,21,24). The summed E-state index contributed by atoms with van der Waals surface area (Å²) in [5.74, 6) is 0.130. The highest BCUT2D eigenvalue weighted by molar-refractivity contribution is 5.89. The normalized spacial score (nSPS) is 20.2. The third-order valence-electron chi connectivity index (χ3n) is 4.75. The van der Waals surface area contributed by atoms with E-state index >= 15 is 0 Å². The summed E-state index contributed by atoms with van der Waals surface area (Å²) in [6, 6.07) is 9.72. The lowest BCUT2D eigenvalue weighted by Crippen LogP contribution is -2.52. The predicted octanol–water partition coefficient (Wildman–Crippen LogP) is 1.94. The molecule has 6 heteroatoms. The van der Waals surface area contributed by atoms with Crippen molar-refractivity contribution in [1.29, 1.82) is 0 Å². The molecule has 1 unspecified atom stereocenters. The number of amides is 3. The van der Waals surface area contributed by atoms with Gasteiger partial charge in [-0.3, -0.25) is 9.69 Å². The Hall–Kier alpha value is -2.08. The number of likely N-dealkylation sites (tertiary alicyclic amines) is 1. The van der Waals surface area contributed by atoms with E-state index in [1.54, 1.807) is 0 Å². The van der Waals surface area contributed by atoms with Crippen LogP contribution in [0.15, 0.2) is 30.3 Å². The van der Waals surface area contributed by atoms with E-state index in [1.165, 1.54) is 0 Å². The smallest absolute Gasteiger partial charge is 0.319 e. The van der Waals surface area contributed by atoms with E-state index in [9.17, 15) is 9.59 Å². The first-order valence-electron chi connectivity index (χ1n) is 8.79. The molecule has 1 saturated carbocycles. The van der Waals surface area contributed by atoms with Gasteiger partial charge in [0.05, 0.1) is 6.04 Å². The number of para-hydroxylation sites is 1. The highest BCUT2D eigenvalue weighted by Gasteiger charge is 2.30. The molecule has 2 fully saturated rings. The van der Waals surface area contributed by atoms with Crippen molar-refractivity contribution in [2.24, 2.45) is 0 Å². The fraction of sp³-hybridized carbons (Fsp3) is 0.556. The number of nitrogens with one attached hydrogen (secondary N) is 3. The van der Waals surface area contributed by atoms with Crippen LogP contribution < -0.4 is 16.0 Å². The van der Waals surface area contributed by atoms with Crippen molar-refractivity contribution in [2.75, 3.05) is 18.4 Å². The van der Waals surface area contributed by atoms with Gasteiger partial charge in [-0.2, -0.15) is 0 Å². The van der Waals surface area contributed by atoms with Crippen molar-refractivity contribution >= 4 is 17.6 Å². The van der Waals surface area contributed by atoms with Gasteiger partial charge in [0.2, 0.25) is 5.91 Å². The Morgan fingerprint density at radius 1 is 1.00 bits per heavy atom. The molecule has 0 aromatic heterocycles. The fourth-order valence-corrected chi connectivity index (χ4v) is 3.02. The number of anilines is 1. The van der Waals surface area contributed by atoms with Crippen LogP contribution in [0.25, 0.3) is 0 Å². The van der Waals surface area contributed by atoms with Gasteiger partial charge in [-0.25, -0.2) is 4.79 Å². The molecule has 3 rings (SSSR count). The van der Waals surface area contributed by atoms with Crippen LogP contribution >= 0.6 is 0 Å². The lowest BCUT2D eigenvalue weighted by atomic mass is 10.0. The molecule has 0 radical (unpaired) electrons. The van der Waals surface area contributed by atoms with Gasteiger partial charge in [-0.1, -0.05) is 18.2 Å². The van der Waals surface area contributed by atoms with Crippen LogP contribution in [0.3, 0.4) is 0 Å². The topological polar surface area (TPSA) is 73.5 Å². The fourth-order valence-electron chi connectivity index (χ4n) is 3.02. The van der Waals surface area contributed by atoms with Crippen LogP contribution in [0.4, 0.5) is 10.5 Å². The quantitative estimate of drug-likeness (QED) is 0.772. The number of benzene rings is 1. The van der Waals surface area contributed by atoms with Gasteiger partial charge in [0.1, 0.15) is 0 Å². The maximum absolute atomic E-state index is 12.1. The molecule has 0 bridgehead atoms. The Labute approximate surface area is 143 Å². The number of hydrogen-bond donors (Lipinski definition) is 3. The molecule has 6 nitrogen and oxygen atoms in total. The Morgan fingerprint density at radius 3 is 2.25 bits per heavy atom. The first-order valence-corrected chi connectivity index (χ1v) is 8.79. The molecule has 1 aromatic carbocycles. The number of carbonyl (C=O) groups is 2. The molecule has 0 spiro atoms. The molecule has 1 atom stereocenters. The van der Waals surface area contributed by atoms with E-state index in [0.29, 0.717) is 6.04 Å². The lowest BCUT2D eigenvalue weighted by molar-refractivity contribution is -0.126. The number of hydrogen-bond acceptors (Lipinski definition) is 3. The molecule has 3 N–H and O–H groups in total. The largest absolute Gasteiger partial charge is 0.352 e. The summed E-state index contributed by atoms with van der Waals surface area (Å²) in [5.41, 5.74) is 0.790. The molecule has 1 heterocycles. The van der Waals surface area contributed by atoms with Crippen molar-refractivity contribution < 1.29 is 9.59 Å². The van der Waals surface area contributed by atoms with Crippen molar-refractivity contribution in [3.05, 3.63) is 30.3 Å². The van der Waals surface area contributed by atoms with Gasteiger partial charge in [0.25, 0.3) is 0 Å². The zero-order valence-electron chi connectivity index (χ0n) is 14.1. The Balaban J connectivity index is 1.39. The lowest BCUT2D eigenvalue weighted by Gasteiger charge is -2.35. The highest BCUT2D eigenvalue weighted by Crippen LogP contribution is 2.20. The van der Waals surface area contributed by atoms with Crippen molar-refractivity contribution in [3.63, 3.8) is 0 Å². The molecule has 3 amide bonds. The SMILES string of the molecule is CC(C(=O)NC1CC1)N1CCC(NC(=O)Nc2ccccc2)CC1. The Kier molecular flexibility index (Phi) is 5.35. The minimum atomic E-state index is -0.167. The van der Waals surface area contributed by atoms with Crippen molar-refractivity contribution in [2.45, 2.75) is 50.7 Å². The first kappa shape index (κ1) is 16.8. The number of rotatable bonds is 5. The summed E-state index contributed by atoms with van der Waals surface area (Å²) in [5, 5.41) is 8.92. The summed E-state index contributed by atoms with van der Waals surface area (Å²) in [4.78, 5) is 26.4. The van der Waals surface area contributed by atoms with Crippen LogP contribution in [0.2, 0.25) is 0 Å². The van der Waals surface area contributed by atoms with Crippen molar-refractivity contribution in [3.8, 4) is 0 Å². The average molecular weight is 330 g/mol. The summed E-state index contributed by atoms with van der Waals surface area (Å²) < 4.78 is 0. The molecule has 24 heavy (non-hydrogen) atoms. The third kappa shape index (κ3) is 4.71. The van der Waals surface area contributed by atoms with Gasteiger partial charge >= 0.3 is 6.03 Å². The van der Waals surface area contributed by atoms with Gasteiger partial charge in [-0.15, -0.1) is 0 Å². The van der Waals surface area contributed by atoms with E-state index < -0.39 is 0 Å². The molecule has 2 aliphatic rings. The second-order valence-corrected chi connectivity index (χ2v) is 6.73. The van der Waals surface area contributed by atoms with E-state index in [1.807, 2.05) is 37.3 Å². The Bertz CT molecular complexity index is 566. The van der Waals surface area contributed by atoms with Gasteiger partial charge < -0.3 is 16.0 Å². The van der Waals surface area contributed by atoms with Crippen LogP contribution in [0.5, 0.6) is 0 Å². The van der Waals surface area contributed by atoms with Crippen molar-refractivity contribution in [1.82, 2.24) is 15.5 Å². The summed E-state index contributed by atoms with van der Waals surface area (Å²) in [7, 11) is 0. The van der Waals surface area contributed by atoms with Gasteiger partial charge in [-0.05, 0) is 44.7 Å². The van der Waals surface area contributed by atoms with Crippen LogP contribution in [0, 0.1) is 0 Å². The monoisotopic (exact) mass is 330 g/mol. The zero-order chi connectivity index (χ0) is 16.9. The van der Waals surface area contributed by atoms with Crippen LogP contribution in [-0.4, -0.2) is 48.1 Å². The molecular formula is C18H26N4O2. The summed E-state index contributed by atoms with van der Waals surface area (Å²) in [6.07, 6.45) is 3.95. The first-order chi connectivity index (χ1) is 11.6. The number of urea groups is 1. The predicted molar refractivity (Wildman–Crippen MR) is 93.8 cm³/mol. The second kappa shape index (κ2) is 7.66. The highest BCUT2D eigenvalue weighted by atomic mass is 16.2. The summed E-state index contributed by atoms with van der Waals surface area (Å²) in [6.45, 7) is 3.62. The molecular weight excluding hydrogens is 304 g/mol. The number of carbonyl (C=O) groups excluding carboxylic acids is 2. The molecule has 1 aliphatic carbocycles.